The molecule has 0 bridgehead atoms. The number of rotatable bonds is 8. The van der Waals surface area contributed by atoms with Gasteiger partial charge in [-0.05, 0) is 42.9 Å². The highest BCUT2D eigenvalue weighted by Gasteiger charge is 2.14. The van der Waals surface area contributed by atoms with Crippen molar-refractivity contribution in [2.45, 2.75) is 33.6 Å². The Balaban J connectivity index is 2.26. The van der Waals surface area contributed by atoms with Gasteiger partial charge in [0.25, 0.3) is 0 Å². The number of hydrogen-bond acceptors (Lipinski definition) is 3. The number of hydrogen-bond donors (Lipinski definition) is 1. The average Bonchev–Trinajstić information content (AvgIpc) is 2.59. The minimum atomic E-state index is -0.0549. The summed E-state index contributed by atoms with van der Waals surface area (Å²) in [6.45, 7) is 7.39. The van der Waals surface area contributed by atoms with Gasteiger partial charge in [-0.2, -0.15) is 0 Å². The third-order valence-corrected chi connectivity index (χ3v) is 4.67. The van der Waals surface area contributed by atoms with Crippen LogP contribution in [0.15, 0.2) is 40.9 Å². The predicted octanol–water partition coefficient (Wildman–Crippen LogP) is 5.02. The Morgan fingerprint density at radius 2 is 1.71 bits per heavy atom. The molecule has 1 N–H and O–H groups in total. The third-order valence-electron chi connectivity index (χ3n) is 3.96. The van der Waals surface area contributed by atoms with Crippen molar-refractivity contribution >= 4 is 27.5 Å². The van der Waals surface area contributed by atoms with Crippen molar-refractivity contribution in [2.75, 3.05) is 13.1 Å². The van der Waals surface area contributed by atoms with Crippen LogP contribution in [0, 0.1) is 0 Å². The smallest absolute Gasteiger partial charge is 0.129 e. The summed E-state index contributed by atoms with van der Waals surface area (Å²) in [6, 6.07) is 11.6. The molecule has 0 aliphatic heterocycles. The lowest BCUT2D eigenvalue weighted by atomic mass is 10.1. The molecule has 2 rings (SSSR count). The third kappa shape index (κ3) is 5.21. The summed E-state index contributed by atoms with van der Waals surface area (Å²) in [4.78, 5) is 2.32. The second kappa shape index (κ2) is 9.42. The Morgan fingerprint density at radius 3 is 2.29 bits per heavy atom. The summed E-state index contributed by atoms with van der Waals surface area (Å²) in [5.74, 6) is 0.766. The number of aliphatic hydroxyl groups excluding tert-OH is 1. The van der Waals surface area contributed by atoms with Gasteiger partial charge in [-0.15, -0.1) is 0 Å². The first-order chi connectivity index (χ1) is 11.6. The zero-order valence-corrected chi connectivity index (χ0v) is 16.4. The molecule has 0 heterocycles. The van der Waals surface area contributed by atoms with Crippen LogP contribution in [-0.4, -0.2) is 23.1 Å². The standard InChI is InChI=1S/C19H23BrClNO2/c1-3-22(4-2)11-15-9-17(20)10-16(12-23)19(15)24-13-14-5-7-18(21)8-6-14/h5-10,23H,3-4,11-13H2,1-2H3. The molecule has 0 saturated carbocycles. The quantitative estimate of drug-likeness (QED) is 0.661. The molecule has 5 heteroatoms. The molecular weight excluding hydrogens is 390 g/mol. The van der Waals surface area contributed by atoms with Gasteiger partial charge >= 0.3 is 0 Å². The summed E-state index contributed by atoms with van der Waals surface area (Å²) in [6.07, 6.45) is 0. The fourth-order valence-corrected chi connectivity index (χ4v) is 3.24. The van der Waals surface area contributed by atoms with Crippen LogP contribution in [0.25, 0.3) is 0 Å². The molecule has 0 aliphatic carbocycles. The summed E-state index contributed by atoms with van der Waals surface area (Å²) in [5.41, 5.74) is 2.91. The zero-order valence-electron chi connectivity index (χ0n) is 14.1. The minimum absolute atomic E-state index is 0.0549. The van der Waals surface area contributed by atoms with Crippen molar-refractivity contribution < 1.29 is 9.84 Å². The van der Waals surface area contributed by atoms with E-state index < -0.39 is 0 Å². The normalized spacial score (nSPS) is 11.1. The number of ether oxygens (including phenoxy) is 1. The molecule has 0 fully saturated rings. The van der Waals surface area contributed by atoms with Gasteiger partial charge < -0.3 is 9.84 Å². The van der Waals surface area contributed by atoms with Crippen LogP contribution in [0.3, 0.4) is 0 Å². The largest absolute Gasteiger partial charge is 0.488 e. The van der Waals surface area contributed by atoms with Gasteiger partial charge in [0.2, 0.25) is 0 Å². The zero-order chi connectivity index (χ0) is 17.5. The van der Waals surface area contributed by atoms with E-state index in [1.54, 1.807) is 0 Å². The van der Waals surface area contributed by atoms with E-state index in [1.165, 1.54) is 0 Å². The van der Waals surface area contributed by atoms with Gasteiger partial charge in [-0.3, -0.25) is 4.90 Å². The maximum absolute atomic E-state index is 9.72. The molecule has 0 aliphatic rings. The van der Waals surface area contributed by atoms with Crippen LogP contribution < -0.4 is 4.74 Å². The summed E-state index contributed by atoms with van der Waals surface area (Å²) >= 11 is 9.45. The molecule has 0 saturated heterocycles. The van der Waals surface area contributed by atoms with Gasteiger partial charge in [0.05, 0.1) is 6.61 Å². The van der Waals surface area contributed by atoms with Gasteiger partial charge in [-0.1, -0.05) is 53.5 Å². The number of benzene rings is 2. The lowest BCUT2D eigenvalue weighted by Gasteiger charge is -2.22. The van der Waals surface area contributed by atoms with E-state index in [2.05, 4.69) is 40.7 Å². The van der Waals surface area contributed by atoms with Crippen LogP contribution >= 0.6 is 27.5 Å². The van der Waals surface area contributed by atoms with Crippen molar-refractivity contribution in [3.63, 3.8) is 0 Å². The molecular formula is C19H23BrClNO2. The van der Waals surface area contributed by atoms with Crippen LogP contribution in [0.2, 0.25) is 5.02 Å². The number of halogens is 2. The Morgan fingerprint density at radius 1 is 1.08 bits per heavy atom. The van der Waals surface area contributed by atoms with E-state index in [4.69, 9.17) is 16.3 Å². The topological polar surface area (TPSA) is 32.7 Å². The van der Waals surface area contributed by atoms with E-state index in [0.717, 1.165) is 46.5 Å². The van der Waals surface area contributed by atoms with Gasteiger partial charge in [-0.25, -0.2) is 0 Å². The lowest BCUT2D eigenvalue weighted by molar-refractivity contribution is 0.249. The highest BCUT2D eigenvalue weighted by atomic mass is 79.9. The molecule has 0 amide bonds. The Kier molecular flexibility index (Phi) is 7.56. The fourth-order valence-electron chi connectivity index (χ4n) is 2.56. The molecule has 2 aromatic carbocycles. The first-order valence-corrected chi connectivity index (χ1v) is 9.26. The molecule has 0 radical (unpaired) electrons. The summed E-state index contributed by atoms with van der Waals surface area (Å²) in [7, 11) is 0. The minimum Gasteiger partial charge on any atom is -0.488 e. The van der Waals surface area contributed by atoms with Crippen LogP contribution in [0.5, 0.6) is 5.75 Å². The summed E-state index contributed by atoms with van der Waals surface area (Å²) < 4.78 is 7.03. The first-order valence-electron chi connectivity index (χ1n) is 8.09. The van der Waals surface area contributed by atoms with Gasteiger partial charge in [0.15, 0.2) is 0 Å². The van der Waals surface area contributed by atoms with Crippen molar-refractivity contribution in [3.8, 4) is 5.75 Å². The second-order valence-electron chi connectivity index (χ2n) is 5.59. The van der Waals surface area contributed by atoms with Crippen LogP contribution in [0.1, 0.15) is 30.5 Å². The Bertz CT molecular complexity index is 657. The second-order valence-corrected chi connectivity index (χ2v) is 6.94. The number of nitrogens with zero attached hydrogens (tertiary/aromatic N) is 1. The predicted molar refractivity (Wildman–Crippen MR) is 102 cm³/mol. The Labute approximate surface area is 157 Å². The van der Waals surface area contributed by atoms with Gasteiger partial charge in [0.1, 0.15) is 12.4 Å². The average molecular weight is 413 g/mol. The summed E-state index contributed by atoms with van der Waals surface area (Å²) in [5, 5.41) is 10.4. The maximum atomic E-state index is 9.72. The maximum Gasteiger partial charge on any atom is 0.129 e. The first kappa shape index (κ1) is 19.3. The van der Waals surface area contributed by atoms with E-state index in [-0.39, 0.29) is 6.61 Å². The molecule has 0 atom stereocenters. The molecule has 2 aromatic rings. The van der Waals surface area contributed by atoms with E-state index in [9.17, 15) is 5.11 Å². The van der Waals surface area contributed by atoms with Crippen molar-refractivity contribution in [2.24, 2.45) is 0 Å². The number of aliphatic hydroxyl groups is 1. The van der Waals surface area contributed by atoms with Gasteiger partial charge in [0, 0.05) is 27.2 Å². The molecule has 0 spiro atoms. The van der Waals surface area contributed by atoms with Crippen molar-refractivity contribution in [1.29, 1.82) is 0 Å². The van der Waals surface area contributed by atoms with E-state index >= 15 is 0 Å². The van der Waals surface area contributed by atoms with E-state index in [0.29, 0.717) is 11.6 Å². The molecule has 130 valence electrons. The lowest BCUT2D eigenvalue weighted by Crippen LogP contribution is -2.22. The monoisotopic (exact) mass is 411 g/mol. The van der Waals surface area contributed by atoms with Crippen LogP contribution in [-0.2, 0) is 19.8 Å². The van der Waals surface area contributed by atoms with Crippen molar-refractivity contribution in [3.05, 3.63) is 62.6 Å². The highest BCUT2D eigenvalue weighted by Crippen LogP contribution is 2.31. The fraction of sp³-hybridized carbons (Fsp3) is 0.368. The molecule has 0 unspecified atom stereocenters. The Hall–Kier alpha value is -1.07. The SMILES string of the molecule is CCN(CC)Cc1cc(Br)cc(CO)c1OCc1ccc(Cl)cc1. The molecule has 3 nitrogen and oxygen atoms in total. The van der Waals surface area contributed by atoms with E-state index in [1.807, 2.05) is 30.3 Å². The van der Waals surface area contributed by atoms with Crippen LogP contribution in [0.4, 0.5) is 0 Å². The molecule has 24 heavy (non-hydrogen) atoms. The van der Waals surface area contributed by atoms with Crippen molar-refractivity contribution in [1.82, 2.24) is 4.90 Å². The molecule has 0 aromatic heterocycles. The highest BCUT2D eigenvalue weighted by molar-refractivity contribution is 9.10.